The molecule has 0 heterocycles. The molecule has 1 N–H and O–H groups in total. The van der Waals surface area contributed by atoms with Crippen molar-refractivity contribution in [3.05, 3.63) is 107 Å². The Morgan fingerprint density at radius 1 is 0.750 bits per heavy atom. The highest BCUT2D eigenvalue weighted by Crippen LogP contribution is 2.67. The molecule has 0 saturated heterocycles. The first kappa shape index (κ1) is 40.0. The maximum Gasteiger partial charge on any atom is 0.404 e. The van der Waals surface area contributed by atoms with Gasteiger partial charge in [-0.15, -0.1) is 0 Å². The summed E-state index contributed by atoms with van der Waals surface area (Å²) >= 11 is 0. The van der Waals surface area contributed by atoms with E-state index < -0.39 is 53.8 Å². The van der Waals surface area contributed by atoms with Gasteiger partial charge in [0.25, 0.3) is 0 Å². The average molecular weight is 738 g/mol. The third kappa shape index (κ3) is 9.63. The highest BCUT2D eigenvalue weighted by molar-refractivity contribution is 7.89. The quantitative estimate of drug-likeness (QED) is 0.0960. The number of halogens is 4. The fourth-order valence-electron chi connectivity index (χ4n) is 4.55. The minimum Gasteiger partial charge on any atom is -0.320 e. The molecule has 0 aliphatic rings. The van der Waals surface area contributed by atoms with Gasteiger partial charge in [-0.05, 0) is 50.3 Å². The Bertz CT molecular complexity index is 1670. The number of benzene rings is 3. The molecule has 0 radical (unpaired) electrons. The van der Waals surface area contributed by atoms with Crippen molar-refractivity contribution in [2.75, 3.05) is 19.0 Å². The number of aryl methyl sites for hydroxylation is 1. The summed E-state index contributed by atoms with van der Waals surface area (Å²) in [5.74, 6) is -0.310. The molecular weight excluding hydrogens is 696 g/mol. The topological polar surface area (TPSA) is 119 Å². The van der Waals surface area contributed by atoms with Crippen molar-refractivity contribution < 1.29 is 53.6 Å². The molecule has 266 valence electrons. The molecule has 0 saturated carbocycles. The number of sulfonamides is 1. The molecule has 9 nitrogen and oxygen atoms in total. The van der Waals surface area contributed by atoms with Crippen molar-refractivity contribution in [3.8, 4) is 0 Å². The van der Waals surface area contributed by atoms with Crippen molar-refractivity contribution in [1.82, 2.24) is 4.31 Å². The lowest BCUT2D eigenvalue weighted by atomic mass is 10.1. The molecule has 3 aromatic carbocycles. The summed E-state index contributed by atoms with van der Waals surface area (Å²) in [7, 11) is -14.3. The molecular formula is C32H41F4NO8P2S. The Morgan fingerprint density at radius 3 is 1.65 bits per heavy atom. The van der Waals surface area contributed by atoms with Crippen LogP contribution in [0.1, 0.15) is 61.9 Å². The minimum atomic E-state index is -5.40. The summed E-state index contributed by atoms with van der Waals surface area (Å²) in [5, 5.41) is 0. The maximum atomic E-state index is 15.3. The SMILES string of the molecule is CCOP(=O)(OCC)C(F)(F)c1ccc(CN(Cc2ccc(C(F)(F)P(=O)(O)OC(C)CC)cc2)S(=O)(=O)CCc2ccccc2)cc1. The van der Waals surface area contributed by atoms with Crippen molar-refractivity contribution in [2.24, 2.45) is 0 Å². The van der Waals surface area contributed by atoms with Gasteiger partial charge in [0, 0.05) is 24.2 Å². The van der Waals surface area contributed by atoms with Gasteiger partial charge in [-0.25, -0.2) is 8.42 Å². The molecule has 0 spiro atoms. The number of hydrogen-bond acceptors (Lipinski definition) is 7. The second kappa shape index (κ2) is 16.5. The third-order valence-electron chi connectivity index (χ3n) is 7.40. The van der Waals surface area contributed by atoms with Crippen LogP contribution < -0.4 is 0 Å². The highest BCUT2D eigenvalue weighted by atomic mass is 32.2. The Labute approximate surface area is 279 Å². The zero-order chi connectivity index (χ0) is 35.8. The van der Waals surface area contributed by atoms with Gasteiger partial charge in [-0.1, -0.05) is 85.8 Å². The first-order valence-electron chi connectivity index (χ1n) is 15.3. The number of nitrogens with zero attached hydrogens (tertiary/aromatic N) is 1. The lowest BCUT2D eigenvalue weighted by Crippen LogP contribution is -2.33. The van der Waals surface area contributed by atoms with Gasteiger partial charge in [-0.3, -0.25) is 9.13 Å². The van der Waals surface area contributed by atoms with E-state index in [2.05, 4.69) is 0 Å². The summed E-state index contributed by atoms with van der Waals surface area (Å²) in [6.07, 6.45) is -0.484. The van der Waals surface area contributed by atoms with Gasteiger partial charge in [-0.2, -0.15) is 21.9 Å². The molecule has 16 heteroatoms. The van der Waals surface area contributed by atoms with Crippen molar-refractivity contribution in [3.63, 3.8) is 0 Å². The fourth-order valence-corrected chi connectivity index (χ4v) is 8.78. The predicted octanol–water partition coefficient (Wildman–Crippen LogP) is 8.63. The van der Waals surface area contributed by atoms with Gasteiger partial charge in [0.1, 0.15) is 0 Å². The second-order valence-electron chi connectivity index (χ2n) is 11.0. The second-order valence-corrected chi connectivity index (χ2v) is 16.9. The first-order chi connectivity index (χ1) is 22.4. The summed E-state index contributed by atoms with van der Waals surface area (Å²) in [6, 6.07) is 17.7. The smallest absolute Gasteiger partial charge is 0.320 e. The van der Waals surface area contributed by atoms with Crippen molar-refractivity contribution in [1.29, 1.82) is 0 Å². The lowest BCUT2D eigenvalue weighted by molar-refractivity contribution is 0.0347. The molecule has 0 amide bonds. The molecule has 3 aromatic rings. The van der Waals surface area contributed by atoms with Crippen molar-refractivity contribution in [2.45, 2.75) is 71.1 Å². The monoisotopic (exact) mass is 737 g/mol. The fraction of sp³-hybridized carbons (Fsp3) is 0.438. The van der Waals surface area contributed by atoms with E-state index in [9.17, 15) is 22.4 Å². The molecule has 2 unspecified atom stereocenters. The Kier molecular flexibility index (Phi) is 13.8. The van der Waals surface area contributed by atoms with Crippen LogP contribution in [0.3, 0.4) is 0 Å². The normalized spacial score (nSPS) is 15.0. The third-order valence-corrected chi connectivity index (χ3v) is 12.9. The minimum absolute atomic E-state index is 0.169. The van der Waals surface area contributed by atoms with Crippen LogP contribution in [0.15, 0.2) is 78.9 Å². The Morgan fingerprint density at radius 2 is 1.21 bits per heavy atom. The van der Waals surface area contributed by atoms with E-state index in [-0.39, 0.29) is 50.5 Å². The van der Waals surface area contributed by atoms with Gasteiger partial charge < -0.3 is 18.5 Å². The summed E-state index contributed by atoms with van der Waals surface area (Å²) in [6.45, 7) is 4.72. The Hall–Kier alpha value is -2.41. The number of rotatable bonds is 19. The number of alkyl halides is 4. The van der Waals surface area contributed by atoms with Crippen LogP contribution in [0.5, 0.6) is 0 Å². The lowest BCUT2D eigenvalue weighted by Gasteiger charge is -2.26. The van der Waals surface area contributed by atoms with E-state index >= 15 is 17.6 Å². The van der Waals surface area contributed by atoms with Crippen LogP contribution in [0.4, 0.5) is 17.6 Å². The van der Waals surface area contributed by atoms with Crippen LogP contribution in [0, 0.1) is 0 Å². The van der Waals surface area contributed by atoms with Gasteiger partial charge in [0.2, 0.25) is 10.0 Å². The first-order valence-corrected chi connectivity index (χ1v) is 20.0. The van der Waals surface area contributed by atoms with Crippen molar-refractivity contribution >= 4 is 25.2 Å². The molecule has 0 aliphatic heterocycles. The summed E-state index contributed by atoms with van der Waals surface area (Å²) in [5.41, 5.74) is -8.29. The van der Waals surface area contributed by atoms with E-state index in [4.69, 9.17) is 13.6 Å². The molecule has 0 aliphatic carbocycles. The van der Waals surface area contributed by atoms with E-state index in [0.29, 0.717) is 5.56 Å². The summed E-state index contributed by atoms with van der Waals surface area (Å²) < 4.78 is 129. The molecule has 2 atom stereocenters. The predicted molar refractivity (Wildman–Crippen MR) is 175 cm³/mol. The Balaban J connectivity index is 1.91. The van der Waals surface area contributed by atoms with Gasteiger partial charge in [0.05, 0.1) is 25.1 Å². The van der Waals surface area contributed by atoms with Gasteiger partial charge >= 0.3 is 26.5 Å². The van der Waals surface area contributed by atoms with Crippen LogP contribution in [-0.2, 0) is 63.6 Å². The van der Waals surface area contributed by atoms with E-state index in [1.54, 1.807) is 37.3 Å². The van der Waals surface area contributed by atoms with Crippen LogP contribution in [-0.4, -0.2) is 42.7 Å². The zero-order valence-electron chi connectivity index (χ0n) is 27.1. The van der Waals surface area contributed by atoms with E-state index in [0.717, 1.165) is 34.1 Å². The molecule has 0 aromatic heterocycles. The largest absolute Gasteiger partial charge is 0.404 e. The van der Waals surface area contributed by atoms with Gasteiger partial charge in [0.15, 0.2) is 0 Å². The molecule has 0 fully saturated rings. The average Bonchev–Trinajstić information content (AvgIpc) is 3.04. The van der Waals surface area contributed by atoms with Crippen LogP contribution >= 0.6 is 15.2 Å². The standard InChI is InChI=1S/C32H41F4NO8P2S/c1-5-25(4)45-46(38,39)31(33,34)29-17-13-27(14-18-29)23-37(48(41,42)22-21-26-11-9-8-10-12-26)24-28-15-19-30(20-16-28)32(35,36)47(40,43-6-2)44-7-3/h8-20,25H,5-7,21-24H2,1-4H3,(H,38,39). The highest BCUT2D eigenvalue weighted by Gasteiger charge is 2.55. The van der Waals surface area contributed by atoms with E-state index in [1.165, 1.54) is 45.0 Å². The van der Waals surface area contributed by atoms with E-state index in [1.807, 2.05) is 0 Å². The van der Waals surface area contributed by atoms with Crippen LogP contribution in [0.25, 0.3) is 0 Å². The maximum absolute atomic E-state index is 15.3. The molecule has 48 heavy (non-hydrogen) atoms. The molecule has 0 bridgehead atoms. The van der Waals surface area contributed by atoms with Crippen LogP contribution in [0.2, 0.25) is 0 Å². The summed E-state index contributed by atoms with van der Waals surface area (Å²) in [4.78, 5) is 10.0. The number of hydrogen-bond donors (Lipinski definition) is 1. The zero-order valence-corrected chi connectivity index (χ0v) is 29.7. The molecule has 3 rings (SSSR count).